The molecule has 5 rings (SSSR count). The van der Waals surface area contributed by atoms with Crippen molar-refractivity contribution < 1.29 is 32.2 Å². The number of aromatic nitrogens is 4. The third-order valence-electron chi connectivity index (χ3n) is 6.31. The first kappa shape index (κ1) is 23.9. The maximum atomic E-state index is 12.9. The highest BCUT2D eigenvalue weighted by Crippen LogP contribution is 2.36. The molecule has 3 N–H and O–H groups in total. The molecule has 0 aliphatic heterocycles. The van der Waals surface area contributed by atoms with E-state index in [-0.39, 0.29) is 35.2 Å². The van der Waals surface area contributed by atoms with Crippen LogP contribution < -0.4 is 20.5 Å². The van der Waals surface area contributed by atoms with Crippen molar-refractivity contribution in [2.75, 3.05) is 6.61 Å². The SMILES string of the molecule is NC(=O)c1cn(C2CC2)nc1O[C@H]1CC[C@H](NC(=O)c2cnn3cc(OCC(F)(F)F)ccc23)CC1. The summed E-state index contributed by atoms with van der Waals surface area (Å²) >= 11 is 0. The summed E-state index contributed by atoms with van der Waals surface area (Å²) in [4.78, 5) is 24.6. The number of rotatable bonds is 8. The first-order valence-electron chi connectivity index (χ1n) is 11.7. The van der Waals surface area contributed by atoms with Gasteiger partial charge in [-0.05, 0) is 50.7 Å². The Kier molecular flexibility index (Phi) is 6.22. The molecule has 13 heteroatoms. The third kappa shape index (κ3) is 5.39. The highest BCUT2D eigenvalue weighted by molar-refractivity contribution is 6.00. The van der Waals surface area contributed by atoms with E-state index < -0.39 is 18.7 Å². The Labute approximate surface area is 203 Å². The molecular formula is C23H25F3N6O4. The van der Waals surface area contributed by atoms with Crippen molar-refractivity contribution in [3.63, 3.8) is 0 Å². The lowest BCUT2D eigenvalue weighted by molar-refractivity contribution is -0.153. The number of pyridine rings is 1. The lowest BCUT2D eigenvalue weighted by atomic mass is 9.92. The molecule has 3 aromatic heterocycles. The van der Waals surface area contributed by atoms with Crippen LogP contribution in [0.4, 0.5) is 13.2 Å². The van der Waals surface area contributed by atoms with Crippen LogP contribution in [0.1, 0.15) is 65.3 Å². The fourth-order valence-electron chi connectivity index (χ4n) is 4.29. The smallest absolute Gasteiger partial charge is 0.422 e. The van der Waals surface area contributed by atoms with E-state index in [1.54, 1.807) is 10.9 Å². The van der Waals surface area contributed by atoms with E-state index in [9.17, 15) is 22.8 Å². The number of hydrogen-bond donors (Lipinski definition) is 2. The summed E-state index contributed by atoms with van der Waals surface area (Å²) < 4.78 is 50.9. The summed E-state index contributed by atoms with van der Waals surface area (Å²) in [6.45, 7) is -1.41. The minimum Gasteiger partial charge on any atom is -0.483 e. The molecule has 0 bridgehead atoms. The van der Waals surface area contributed by atoms with E-state index in [0.29, 0.717) is 42.8 Å². The Hall–Kier alpha value is -3.77. The van der Waals surface area contributed by atoms with Gasteiger partial charge in [0.05, 0.1) is 29.5 Å². The lowest BCUT2D eigenvalue weighted by Crippen LogP contribution is -2.39. The molecule has 0 atom stereocenters. The average Bonchev–Trinajstić information content (AvgIpc) is 3.45. The number of carbonyl (C=O) groups excluding carboxylic acids is 2. The van der Waals surface area contributed by atoms with Crippen molar-refractivity contribution in [1.82, 2.24) is 24.7 Å². The summed E-state index contributed by atoms with van der Waals surface area (Å²) in [7, 11) is 0. The van der Waals surface area contributed by atoms with Gasteiger partial charge in [-0.15, -0.1) is 5.10 Å². The Morgan fingerprint density at radius 2 is 1.83 bits per heavy atom. The quantitative estimate of drug-likeness (QED) is 0.484. The predicted molar refractivity (Wildman–Crippen MR) is 120 cm³/mol. The Bertz CT molecular complexity index is 1270. The number of alkyl halides is 3. The van der Waals surface area contributed by atoms with Crippen molar-refractivity contribution in [3.8, 4) is 11.6 Å². The van der Waals surface area contributed by atoms with Gasteiger partial charge < -0.3 is 20.5 Å². The van der Waals surface area contributed by atoms with Crippen molar-refractivity contribution in [3.05, 3.63) is 41.9 Å². The van der Waals surface area contributed by atoms with Crippen LogP contribution in [0, 0.1) is 0 Å². The molecule has 36 heavy (non-hydrogen) atoms. The van der Waals surface area contributed by atoms with Gasteiger partial charge in [0.15, 0.2) is 6.61 Å². The molecule has 0 unspecified atom stereocenters. The first-order chi connectivity index (χ1) is 17.2. The van der Waals surface area contributed by atoms with Gasteiger partial charge in [0.2, 0.25) is 5.88 Å². The number of fused-ring (bicyclic) bond motifs is 1. The van der Waals surface area contributed by atoms with E-state index in [1.165, 1.54) is 29.0 Å². The van der Waals surface area contributed by atoms with Gasteiger partial charge in [-0.25, -0.2) is 4.52 Å². The summed E-state index contributed by atoms with van der Waals surface area (Å²) in [5, 5.41) is 11.5. The molecule has 2 aliphatic carbocycles. The monoisotopic (exact) mass is 506 g/mol. The number of carbonyl (C=O) groups is 2. The van der Waals surface area contributed by atoms with Gasteiger partial charge in [0.25, 0.3) is 11.8 Å². The molecule has 10 nitrogen and oxygen atoms in total. The van der Waals surface area contributed by atoms with Crippen molar-refractivity contribution in [1.29, 1.82) is 0 Å². The standard InChI is InChI=1S/C23H25F3N6O4/c24-23(25,26)12-35-16-7-8-19-17(9-28-32(19)10-16)21(34)29-13-1-5-15(6-2-13)36-22-18(20(27)33)11-31(30-22)14-3-4-14/h7-11,13-15H,1-6,12H2,(H2,27,33)(H,29,34)/t13-,15-. The molecule has 3 aromatic rings. The molecule has 0 radical (unpaired) electrons. The molecule has 2 amide bonds. The zero-order valence-electron chi connectivity index (χ0n) is 19.2. The van der Waals surface area contributed by atoms with Crippen LogP contribution in [0.2, 0.25) is 0 Å². The molecule has 192 valence electrons. The van der Waals surface area contributed by atoms with Crippen LogP contribution in [0.15, 0.2) is 30.7 Å². The van der Waals surface area contributed by atoms with Crippen molar-refractivity contribution in [2.24, 2.45) is 5.73 Å². The van der Waals surface area contributed by atoms with Crippen LogP contribution >= 0.6 is 0 Å². The third-order valence-corrected chi connectivity index (χ3v) is 6.31. The van der Waals surface area contributed by atoms with Gasteiger partial charge in [-0.3, -0.25) is 14.3 Å². The summed E-state index contributed by atoms with van der Waals surface area (Å²) in [5.41, 5.74) is 6.52. The molecular weight excluding hydrogens is 481 g/mol. The largest absolute Gasteiger partial charge is 0.483 e. The Morgan fingerprint density at radius 1 is 1.08 bits per heavy atom. The number of ether oxygens (including phenoxy) is 2. The first-order valence-corrected chi connectivity index (χ1v) is 11.7. The number of halogens is 3. The predicted octanol–water partition coefficient (Wildman–Crippen LogP) is 3.03. The van der Waals surface area contributed by atoms with Gasteiger partial charge in [-0.1, -0.05) is 0 Å². The summed E-state index contributed by atoms with van der Waals surface area (Å²) in [5.74, 6) is -0.649. The van der Waals surface area contributed by atoms with Crippen LogP contribution in [-0.2, 0) is 0 Å². The number of nitrogens with one attached hydrogen (secondary N) is 1. The summed E-state index contributed by atoms with van der Waals surface area (Å²) in [6, 6.07) is 3.08. The molecule has 0 saturated heterocycles. The normalized spacial score (nSPS) is 20.3. The highest BCUT2D eigenvalue weighted by Gasteiger charge is 2.31. The van der Waals surface area contributed by atoms with Gasteiger partial charge in [0, 0.05) is 12.2 Å². The number of hydrogen-bond acceptors (Lipinski definition) is 6. The zero-order chi connectivity index (χ0) is 25.4. The summed E-state index contributed by atoms with van der Waals surface area (Å²) in [6.07, 6.45) is 4.40. The maximum Gasteiger partial charge on any atom is 0.422 e. The van der Waals surface area contributed by atoms with Crippen molar-refractivity contribution in [2.45, 2.75) is 62.9 Å². The van der Waals surface area contributed by atoms with Crippen molar-refractivity contribution >= 4 is 17.3 Å². The second-order valence-electron chi connectivity index (χ2n) is 9.15. The maximum absolute atomic E-state index is 12.9. The highest BCUT2D eigenvalue weighted by atomic mass is 19.4. The van der Waals surface area contributed by atoms with Crippen LogP contribution in [0.25, 0.3) is 5.52 Å². The fourth-order valence-corrected chi connectivity index (χ4v) is 4.29. The number of nitrogens with zero attached hydrogens (tertiary/aromatic N) is 4. The topological polar surface area (TPSA) is 126 Å². The van der Waals surface area contributed by atoms with Crippen LogP contribution in [0.3, 0.4) is 0 Å². The Morgan fingerprint density at radius 3 is 2.50 bits per heavy atom. The second-order valence-corrected chi connectivity index (χ2v) is 9.15. The van der Waals surface area contributed by atoms with Gasteiger partial charge >= 0.3 is 6.18 Å². The minimum atomic E-state index is -4.45. The minimum absolute atomic E-state index is 0.00494. The zero-order valence-corrected chi connectivity index (χ0v) is 19.2. The molecule has 2 fully saturated rings. The van der Waals surface area contributed by atoms with Crippen LogP contribution in [-0.4, -0.2) is 56.1 Å². The second kappa shape index (κ2) is 9.36. The van der Waals surface area contributed by atoms with E-state index in [4.69, 9.17) is 15.2 Å². The number of amides is 2. The molecule has 0 aromatic carbocycles. The fraction of sp³-hybridized carbons (Fsp3) is 0.478. The average molecular weight is 506 g/mol. The molecule has 2 saturated carbocycles. The van der Waals surface area contributed by atoms with E-state index in [1.807, 2.05) is 0 Å². The molecule has 3 heterocycles. The molecule has 0 spiro atoms. The number of primary amides is 1. The molecule has 2 aliphatic rings. The van der Waals surface area contributed by atoms with E-state index in [0.717, 1.165) is 12.8 Å². The van der Waals surface area contributed by atoms with Gasteiger partial charge in [-0.2, -0.15) is 18.3 Å². The van der Waals surface area contributed by atoms with Crippen LogP contribution in [0.5, 0.6) is 11.6 Å². The van der Waals surface area contributed by atoms with Gasteiger partial charge in [0.1, 0.15) is 17.4 Å². The van der Waals surface area contributed by atoms with E-state index >= 15 is 0 Å². The Balaban J connectivity index is 1.16. The van der Waals surface area contributed by atoms with E-state index in [2.05, 4.69) is 15.5 Å². The number of nitrogens with two attached hydrogens (primary N) is 1. The lowest BCUT2D eigenvalue weighted by Gasteiger charge is -2.29.